The summed E-state index contributed by atoms with van der Waals surface area (Å²) in [5, 5.41) is 2.90. The lowest BCUT2D eigenvalue weighted by Gasteiger charge is -2.07. The molecular weight excluding hydrogens is 222 g/mol. The molecule has 0 radical (unpaired) electrons. The second-order valence-electron chi connectivity index (χ2n) is 4.27. The number of benzene rings is 1. The quantitative estimate of drug-likeness (QED) is 0.786. The molecule has 0 saturated heterocycles. The molecule has 0 heterocycles. The number of carbonyl (C=O) groups is 1. The minimum atomic E-state index is -0.0207. The van der Waals surface area contributed by atoms with Crippen LogP contribution in [0.3, 0.4) is 0 Å². The molecule has 1 N–H and O–H groups in total. The van der Waals surface area contributed by atoms with Crippen molar-refractivity contribution in [3.63, 3.8) is 0 Å². The average molecular weight is 240 g/mol. The molecule has 1 aromatic rings. The fourth-order valence-electron chi connectivity index (χ4n) is 1.37. The molecule has 0 spiro atoms. The zero-order valence-electron chi connectivity index (χ0n) is 9.79. The second-order valence-corrected chi connectivity index (χ2v) is 4.54. The summed E-state index contributed by atoms with van der Waals surface area (Å²) in [6, 6.07) is 7.41. The number of hydrogen-bond donors (Lipinski definition) is 1. The Bertz CT molecular complexity index is 350. The van der Waals surface area contributed by atoms with E-state index in [1.165, 1.54) is 0 Å². The molecule has 2 nitrogen and oxygen atoms in total. The van der Waals surface area contributed by atoms with E-state index in [1.54, 1.807) is 6.07 Å². The van der Waals surface area contributed by atoms with E-state index in [2.05, 4.69) is 19.2 Å². The predicted octanol–water partition coefficient (Wildman–Crippen LogP) is 3.20. The van der Waals surface area contributed by atoms with Gasteiger partial charge >= 0.3 is 0 Å². The monoisotopic (exact) mass is 239 g/mol. The Morgan fingerprint density at radius 2 is 2.19 bits per heavy atom. The van der Waals surface area contributed by atoms with Crippen LogP contribution in [-0.4, -0.2) is 12.5 Å². The third-order valence-electron chi connectivity index (χ3n) is 2.35. The molecule has 0 aliphatic carbocycles. The summed E-state index contributed by atoms with van der Waals surface area (Å²) >= 11 is 5.72. The lowest BCUT2D eigenvalue weighted by atomic mass is 10.1. The predicted molar refractivity (Wildman–Crippen MR) is 67.8 cm³/mol. The largest absolute Gasteiger partial charge is 0.352 e. The van der Waals surface area contributed by atoms with Crippen molar-refractivity contribution in [2.75, 3.05) is 6.54 Å². The smallest absolute Gasteiger partial charge is 0.251 e. The van der Waals surface area contributed by atoms with Gasteiger partial charge in [-0.2, -0.15) is 0 Å². The number of rotatable bonds is 5. The highest BCUT2D eigenvalue weighted by Crippen LogP contribution is 2.07. The van der Waals surface area contributed by atoms with Crippen molar-refractivity contribution in [2.24, 2.45) is 5.92 Å². The number of amides is 1. The summed E-state index contributed by atoms with van der Waals surface area (Å²) in [6.07, 6.45) is 1.00. The van der Waals surface area contributed by atoms with Crippen LogP contribution in [0.1, 0.15) is 36.2 Å². The van der Waals surface area contributed by atoms with Gasteiger partial charge in [-0.05, 0) is 30.0 Å². The standard InChI is InChI=1S/C13H18ClNO/c1-10(2)6-7-15-13(16)12-5-3-4-11(8-12)9-14/h3-5,8,10H,6-7,9H2,1-2H3,(H,15,16). The fraction of sp³-hybridized carbons (Fsp3) is 0.462. The highest BCUT2D eigenvalue weighted by atomic mass is 35.5. The molecule has 1 rings (SSSR count). The van der Waals surface area contributed by atoms with Crippen molar-refractivity contribution in [3.8, 4) is 0 Å². The van der Waals surface area contributed by atoms with Crippen LogP contribution in [0, 0.1) is 5.92 Å². The Labute approximate surface area is 102 Å². The maximum Gasteiger partial charge on any atom is 0.251 e. The molecule has 0 aliphatic heterocycles. The maximum atomic E-state index is 11.7. The summed E-state index contributed by atoms with van der Waals surface area (Å²) in [6.45, 7) is 5.00. The van der Waals surface area contributed by atoms with E-state index in [1.807, 2.05) is 18.2 Å². The number of alkyl halides is 1. The highest BCUT2D eigenvalue weighted by molar-refractivity contribution is 6.17. The van der Waals surface area contributed by atoms with Gasteiger partial charge in [-0.1, -0.05) is 26.0 Å². The first kappa shape index (κ1) is 13.0. The van der Waals surface area contributed by atoms with Crippen molar-refractivity contribution >= 4 is 17.5 Å². The molecule has 0 aromatic heterocycles. The average Bonchev–Trinajstić information content (AvgIpc) is 2.28. The van der Waals surface area contributed by atoms with E-state index in [0.29, 0.717) is 17.4 Å². The zero-order chi connectivity index (χ0) is 12.0. The molecule has 0 bridgehead atoms. The molecule has 16 heavy (non-hydrogen) atoms. The Balaban J connectivity index is 2.52. The zero-order valence-corrected chi connectivity index (χ0v) is 10.6. The van der Waals surface area contributed by atoms with Crippen LogP contribution in [0.2, 0.25) is 0 Å². The molecule has 0 fully saturated rings. The Morgan fingerprint density at radius 1 is 1.44 bits per heavy atom. The molecule has 0 saturated carbocycles. The first-order valence-electron chi connectivity index (χ1n) is 5.56. The normalized spacial score (nSPS) is 10.5. The number of nitrogens with one attached hydrogen (secondary N) is 1. The Kier molecular flexibility index (Phi) is 5.33. The third-order valence-corrected chi connectivity index (χ3v) is 2.66. The van der Waals surface area contributed by atoms with Gasteiger partial charge in [-0.15, -0.1) is 11.6 Å². The third kappa shape index (κ3) is 4.23. The van der Waals surface area contributed by atoms with Crippen molar-refractivity contribution in [3.05, 3.63) is 35.4 Å². The van der Waals surface area contributed by atoms with Crippen LogP contribution < -0.4 is 5.32 Å². The van der Waals surface area contributed by atoms with E-state index >= 15 is 0 Å². The van der Waals surface area contributed by atoms with Crippen LogP contribution >= 0.6 is 11.6 Å². The van der Waals surface area contributed by atoms with Gasteiger partial charge in [0.2, 0.25) is 0 Å². The summed E-state index contributed by atoms with van der Waals surface area (Å²) < 4.78 is 0. The van der Waals surface area contributed by atoms with Crippen LogP contribution in [0.25, 0.3) is 0 Å². The lowest BCUT2D eigenvalue weighted by Crippen LogP contribution is -2.25. The van der Waals surface area contributed by atoms with Gasteiger partial charge in [-0.25, -0.2) is 0 Å². The van der Waals surface area contributed by atoms with Crippen molar-refractivity contribution in [1.29, 1.82) is 0 Å². The summed E-state index contributed by atoms with van der Waals surface area (Å²) in [5.41, 5.74) is 1.65. The van der Waals surface area contributed by atoms with Crippen LogP contribution in [0.5, 0.6) is 0 Å². The molecule has 0 unspecified atom stereocenters. The summed E-state index contributed by atoms with van der Waals surface area (Å²) in [4.78, 5) is 11.7. The molecule has 0 aliphatic rings. The van der Waals surface area contributed by atoms with Crippen LogP contribution in [0.4, 0.5) is 0 Å². The van der Waals surface area contributed by atoms with Crippen LogP contribution in [0.15, 0.2) is 24.3 Å². The van der Waals surface area contributed by atoms with Crippen LogP contribution in [-0.2, 0) is 5.88 Å². The first-order valence-corrected chi connectivity index (χ1v) is 6.10. The van der Waals surface area contributed by atoms with Gasteiger partial charge in [0, 0.05) is 18.0 Å². The van der Waals surface area contributed by atoms with Gasteiger partial charge in [0.1, 0.15) is 0 Å². The molecular formula is C13H18ClNO. The summed E-state index contributed by atoms with van der Waals surface area (Å²) in [7, 11) is 0. The minimum Gasteiger partial charge on any atom is -0.352 e. The molecule has 1 amide bonds. The van der Waals surface area contributed by atoms with Gasteiger partial charge in [0.15, 0.2) is 0 Å². The van der Waals surface area contributed by atoms with Gasteiger partial charge in [0.25, 0.3) is 5.91 Å². The molecule has 1 aromatic carbocycles. The Morgan fingerprint density at radius 3 is 2.81 bits per heavy atom. The molecule has 88 valence electrons. The number of hydrogen-bond acceptors (Lipinski definition) is 1. The number of halogens is 1. The Hall–Kier alpha value is -1.02. The van der Waals surface area contributed by atoms with E-state index < -0.39 is 0 Å². The van der Waals surface area contributed by atoms with Crippen molar-refractivity contribution < 1.29 is 4.79 Å². The highest BCUT2D eigenvalue weighted by Gasteiger charge is 2.05. The second kappa shape index (κ2) is 6.54. The summed E-state index contributed by atoms with van der Waals surface area (Å²) in [5.74, 6) is 1.02. The van der Waals surface area contributed by atoms with Gasteiger partial charge in [0.05, 0.1) is 0 Å². The van der Waals surface area contributed by atoms with E-state index in [9.17, 15) is 4.79 Å². The van der Waals surface area contributed by atoms with E-state index in [0.717, 1.165) is 18.5 Å². The van der Waals surface area contributed by atoms with E-state index in [-0.39, 0.29) is 5.91 Å². The molecule has 3 heteroatoms. The fourth-order valence-corrected chi connectivity index (χ4v) is 1.54. The van der Waals surface area contributed by atoms with E-state index in [4.69, 9.17) is 11.6 Å². The van der Waals surface area contributed by atoms with Gasteiger partial charge in [-0.3, -0.25) is 4.79 Å². The van der Waals surface area contributed by atoms with Crippen molar-refractivity contribution in [2.45, 2.75) is 26.1 Å². The minimum absolute atomic E-state index is 0.0207. The molecule has 0 atom stereocenters. The maximum absolute atomic E-state index is 11.7. The SMILES string of the molecule is CC(C)CCNC(=O)c1cccc(CCl)c1. The number of carbonyl (C=O) groups excluding carboxylic acids is 1. The lowest BCUT2D eigenvalue weighted by molar-refractivity contribution is 0.0952. The van der Waals surface area contributed by atoms with Gasteiger partial charge < -0.3 is 5.32 Å². The topological polar surface area (TPSA) is 29.1 Å². The van der Waals surface area contributed by atoms with Crippen molar-refractivity contribution in [1.82, 2.24) is 5.32 Å². The first-order chi connectivity index (χ1) is 7.63.